The Morgan fingerprint density at radius 2 is 2.25 bits per heavy atom. The number of likely N-dealkylation sites (tertiary alicyclic amines) is 1. The van der Waals surface area contributed by atoms with E-state index in [1.807, 2.05) is 17.0 Å². The summed E-state index contributed by atoms with van der Waals surface area (Å²) in [5.74, 6) is 0.653. The predicted octanol–water partition coefficient (Wildman–Crippen LogP) is 4.11. The van der Waals surface area contributed by atoms with Gasteiger partial charge in [0, 0.05) is 18.1 Å². The molecule has 1 fully saturated rings. The van der Waals surface area contributed by atoms with E-state index < -0.39 is 0 Å². The number of rotatable bonds is 4. The van der Waals surface area contributed by atoms with Crippen molar-refractivity contribution in [2.24, 2.45) is 0 Å². The molecule has 1 aliphatic heterocycles. The van der Waals surface area contributed by atoms with Crippen LogP contribution < -0.4 is 4.74 Å². The average molecular weight is 411 g/mol. The molecule has 1 aliphatic rings. The van der Waals surface area contributed by atoms with Gasteiger partial charge in [0.05, 0.1) is 12.2 Å². The van der Waals surface area contributed by atoms with E-state index in [4.69, 9.17) is 16.3 Å². The highest BCUT2D eigenvalue weighted by Gasteiger charge is 2.29. The van der Waals surface area contributed by atoms with Gasteiger partial charge in [-0.15, -0.1) is 36.2 Å². The summed E-state index contributed by atoms with van der Waals surface area (Å²) >= 11 is 7.10. The summed E-state index contributed by atoms with van der Waals surface area (Å²) in [5, 5.41) is 1.71. The second-order valence-electron chi connectivity index (χ2n) is 5.13. The fourth-order valence-corrected chi connectivity index (χ4v) is 3.30. The van der Waals surface area contributed by atoms with Gasteiger partial charge in [-0.05, 0) is 31.4 Å². The molecular weight excluding hydrogens is 393 g/mol. The standard InChI is InChI=1S/C15H16ClN3O2S.2ClH/c16-15-18-13(10-22-15)14(20)19-7-2-1-4-11(19)9-21-12-5-3-6-17-8-12;;/h3,5-6,8,10-11H,1-2,4,7,9H2;2*1H. The molecule has 2 aromatic rings. The van der Waals surface area contributed by atoms with Crippen LogP contribution in [0.2, 0.25) is 4.47 Å². The molecular formula is C15H18Cl3N3O2S. The second-order valence-corrected chi connectivity index (χ2v) is 6.57. The molecule has 1 atom stereocenters. The van der Waals surface area contributed by atoms with Gasteiger partial charge in [0.15, 0.2) is 4.47 Å². The molecule has 5 nitrogen and oxygen atoms in total. The van der Waals surface area contributed by atoms with Crippen molar-refractivity contribution < 1.29 is 9.53 Å². The molecule has 0 bridgehead atoms. The average Bonchev–Trinajstić information content (AvgIpc) is 3.00. The molecule has 24 heavy (non-hydrogen) atoms. The monoisotopic (exact) mass is 409 g/mol. The first-order valence-corrected chi connectivity index (χ1v) is 8.44. The van der Waals surface area contributed by atoms with Gasteiger partial charge in [-0.2, -0.15) is 0 Å². The van der Waals surface area contributed by atoms with Gasteiger partial charge in [-0.25, -0.2) is 4.98 Å². The minimum absolute atomic E-state index is 0. The number of thiazole rings is 1. The number of ether oxygens (including phenoxy) is 1. The van der Waals surface area contributed by atoms with Crippen molar-refractivity contribution in [3.8, 4) is 5.75 Å². The van der Waals surface area contributed by atoms with Crippen molar-refractivity contribution in [3.05, 3.63) is 40.1 Å². The molecule has 0 aromatic carbocycles. The number of nitrogens with zero attached hydrogens (tertiary/aromatic N) is 3. The second kappa shape index (κ2) is 10.0. The van der Waals surface area contributed by atoms with Crippen LogP contribution in [-0.4, -0.2) is 40.0 Å². The number of carbonyl (C=O) groups excluding carboxylic acids is 1. The molecule has 0 aliphatic carbocycles. The van der Waals surface area contributed by atoms with Crippen LogP contribution in [0.3, 0.4) is 0 Å². The summed E-state index contributed by atoms with van der Waals surface area (Å²) in [4.78, 5) is 22.5. The van der Waals surface area contributed by atoms with Crippen molar-refractivity contribution in [1.29, 1.82) is 0 Å². The van der Waals surface area contributed by atoms with Gasteiger partial charge in [0.25, 0.3) is 5.91 Å². The van der Waals surface area contributed by atoms with E-state index in [-0.39, 0.29) is 36.8 Å². The Balaban J connectivity index is 0.00000144. The van der Waals surface area contributed by atoms with E-state index >= 15 is 0 Å². The van der Waals surface area contributed by atoms with Crippen molar-refractivity contribution >= 4 is 53.7 Å². The third-order valence-electron chi connectivity index (χ3n) is 3.66. The molecule has 3 rings (SSSR count). The van der Waals surface area contributed by atoms with E-state index in [1.165, 1.54) is 11.3 Å². The topological polar surface area (TPSA) is 55.3 Å². The Labute approximate surface area is 162 Å². The number of carbonyl (C=O) groups is 1. The maximum atomic E-state index is 12.6. The van der Waals surface area contributed by atoms with Crippen molar-refractivity contribution in [1.82, 2.24) is 14.9 Å². The summed E-state index contributed by atoms with van der Waals surface area (Å²) in [6.45, 7) is 1.20. The number of aromatic nitrogens is 2. The van der Waals surface area contributed by atoms with Gasteiger partial charge in [-0.1, -0.05) is 11.6 Å². The first-order valence-electron chi connectivity index (χ1n) is 7.19. The molecule has 9 heteroatoms. The van der Waals surface area contributed by atoms with Crippen LogP contribution >= 0.6 is 47.8 Å². The van der Waals surface area contributed by atoms with Crippen LogP contribution in [-0.2, 0) is 0 Å². The Bertz CT molecular complexity index is 642. The fourth-order valence-electron chi connectivity index (χ4n) is 2.56. The van der Waals surface area contributed by atoms with Gasteiger partial charge in [0.2, 0.25) is 0 Å². The largest absolute Gasteiger partial charge is 0.490 e. The summed E-state index contributed by atoms with van der Waals surface area (Å²) in [5.41, 5.74) is 0.420. The van der Waals surface area contributed by atoms with E-state index in [0.29, 0.717) is 16.8 Å². The molecule has 132 valence electrons. The lowest BCUT2D eigenvalue weighted by Crippen LogP contribution is -2.46. The van der Waals surface area contributed by atoms with Crippen LogP contribution in [0.5, 0.6) is 5.75 Å². The summed E-state index contributed by atoms with van der Waals surface area (Å²) in [6.07, 6.45) is 6.42. The van der Waals surface area contributed by atoms with Crippen LogP contribution in [0.25, 0.3) is 0 Å². The maximum absolute atomic E-state index is 12.6. The van der Waals surface area contributed by atoms with E-state index in [0.717, 1.165) is 31.6 Å². The smallest absolute Gasteiger partial charge is 0.273 e. The SMILES string of the molecule is Cl.Cl.O=C(c1csc(Cl)n1)N1CCCCC1COc1cccnc1. The number of halogens is 3. The lowest BCUT2D eigenvalue weighted by Gasteiger charge is -2.35. The predicted molar refractivity (Wildman–Crippen MR) is 100 cm³/mol. The number of pyridine rings is 1. The highest BCUT2D eigenvalue weighted by molar-refractivity contribution is 7.14. The molecule has 0 spiro atoms. The third kappa shape index (κ3) is 5.21. The van der Waals surface area contributed by atoms with Gasteiger partial charge < -0.3 is 9.64 Å². The first-order chi connectivity index (χ1) is 10.7. The van der Waals surface area contributed by atoms with Crippen LogP contribution in [0.15, 0.2) is 29.9 Å². The van der Waals surface area contributed by atoms with E-state index in [9.17, 15) is 4.79 Å². The summed E-state index contributed by atoms with van der Waals surface area (Å²) < 4.78 is 6.16. The van der Waals surface area contributed by atoms with Crippen LogP contribution in [0.1, 0.15) is 29.8 Å². The molecule has 0 saturated carbocycles. The maximum Gasteiger partial charge on any atom is 0.273 e. The Kier molecular flexibility index (Phi) is 8.76. The van der Waals surface area contributed by atoms with E-state index in [1.54, 1.807) is 17.8 Å². The molecule has 1 unspecified atom stereocenters. The molecule has 1 amide bonds. The van der Waals surface area contributed by atoms with Crippen molar-refractivity contribution in [2.45, 2.75) is 25.3 Å². The zero-order chi connectivity index (χ0) is 15.4. The lowest BCUT2D eigenvalue weighted by atomic mass is 10.0. The van der Waals surface area contributed by atoms with Crippen molar-refractivity contribution in [3.63, 3.8) is 0 Å². The minimum Gasteiger partial charge on any atom is -0.490 e. The zero-order valence-corrected chi connectivity index (χ0v) is 16.0. The molecule has 0 N–H and O–H groups in total. The third-order valence-corrected chi connectivity index (χ3v) is 4.64. The Morgan fingerprint density at radius 3 is 2.92 bits per heavy atom. The molecule has 1 saturated heterocycles. The zero-order valence-electron chi connectivity index (χ0n) is 12.8. The fraction of sp³-hybridized carbons (Fsp3) is 0.400. The van der Waals surface area contributed by atoms with Gasteiger partial charge in [0.1, 0.15) is 18.1 Å². The Morgan fingerprint density at radius 1 is 1.42 bits per heavy atom. The highest BCUT2D eigenvalue weighted by Crippen LogP contribution is 2.23. The summed E-state index contributed by atoms with van der Waals surface area (Å²) in [7, 11) is 0. The number of hydrogen-bond acceptors (Lipinski definition) is 5. The number of hydrogen-bond donors (Lipinski definition) is 0. The lowest BCUT2D eigenvalue weighted by molar-refractivity contribution is 0.0523. The quantitative estimate of drug-likeness (QED) is 0.761. The van der Waals surface area contributed by atoms with Crippen LogP contribution in [0, 0.1) is 0 Å². The number of amides is 1. The molecule has 2 aromatic heterocycles. The van der Waals surface area contributed by atoms with Crippen LogP contribution in [0.4, 0.5) is 0 Å². The number of piperidine rings is 1. The normalized spacial score (nSPS) is 16.7. The van der Waals surface area contributed by atoms with Gasteiger partial charge in [-0.3, -0.25) is 9.78 Å². The molecule has 3 heterocycles. The Hall–Kier alpha value is -1.08. The highest BCUT2D eigenvalue weighted by atomic mass is 35.5. The van der Waals surface area contributed by atoms with Crippen molar-refractivity contribution in [2.75, 3.05) is 13.2 Å². The van der Waals surface area contributed by atoms with E-state index in [2.05, 4.69) is 9.97 Å². The minimum atomic E-state index is -0.0670. The van der Waals surface area contributed by atoms with Gasteiger partial charge >= 0.3 is 0 Å². The first kappa shape index (κ1) is 21.0. The summed E-state index contributed by atoms with van der Waals surface area (Å²) in [6, 6.07) is 3.75. The molecule has 0 radical (unpaired) electrons.